The third-order valence-corrected chi connectivity index (χ3v) is 5.28. The molecule has 1 N–H and O–H groups in total. The second-order valence-electron chi connectivity index (χ2n) is 6.34. The molecule has 0 bridgehead atoms. The number of anilines is 1. The fourth-order valence-corrected chi connectivity index (χ4v) is 3.79. The van der Waals surface area contributed by atoms with E-state index in [1.165, 1.54) is 23.1 Å². The number of amides is 3. The standard InChI is InChI=1S/C21H18ClFN2O4S/c1-2-9-25-20(27)18(30-21(25)28)11-13-7-8-17(14(22)10-13)29-12-19(26)24-16-6-4-3-5-15(16)23/h3-8,10-11H,2,9,12H2,1H3,(H,24,26)/b18-11-. The SMILES string of the molecule is CCCN1C(=O)S/C(=C\c2ccc(OCC(=O)Nc3ccccc3F)c(Cl)c2)C1=O. The Bertz CT molecular complexity index is 1030. The van der Waals surface area contributed by atoms with Crippen LogP contribution < -0.4 is 10.1 Å². The Balaban J connectivity index is 1.63. The predicted octanol–water partition coefficient (Wildman–Crippen LogP) is 4.94. The summed E-state index contributed by atoms with van der Waals surface area (Å²) in [6.45, 7) is 1.91. The molecule has 0 saturated carbocycles. The summed E-state index contributed by atoms with van der Waals surface area (Å²) in [5.41, 5.74) is 0.676. The van der Waals surface area contributed by atoms with E-state index in [9.17, 15) is 18.8 Å². The van der Waals surface area contributed by atoms with Crippen molar-refractivity contribution in [3.8, 4) is 5.75 Å². The zero-order chi connectivity index (χ0) is 21.7. The molecule has 0 spiro atoms. The Morgan fingerprint density at radius 3 is 2.73 bits per heavy atom. The second kappa shape index (κ2) is 9.77. The van der Waals surface area contributed by atoms with Crippen LogP contribution in [0.2, 0.25) is 5.02 Å². The molecule has 1 aliphatic heterocycles. The number of ether oxygens (including phenoxy) is 1. The van der Waals surface area contributed by atoms with Crippen LogP contribution in [-0.2, 0) is 9.59 Å². The van der Waals surface area contributed by atoms with E-state index in [0.29, 0.717) is 23.4 Å². The molecule has 1 fully saturated rings. The van der Waals surface area contributed by atoms with Crippen molar-refractivity contribution in [1.82, 2.24) is 4.90 Å². The molecule has 3 amide bonds. The van der Waals surface area contributed by atoms with Gasteiger partial charge < -0.3 is 10.1 Å². The van der Waals surface area contributed by atoms with Crippen LogP contribution in [0.3, 0.4) is 0 Å². The molecule has 0 atom stereocenters. The summed E-state index contributed by atoms with van der Waals surface area (Å²) in [5.74, 6) is -1.15. The number of carbonyl (C=O) groups is 3. The van der Waals surface area contributed by atoms with E-state index in [1.807, 2.05) is 6.92 Å². The van der Waals surface area contributed by atoms with Gasteiger partial charge in [-0.2, -0.15) is 0 Å². The molecule has 30 heavy (non-hydrogen) atoms. The molecule has 3 rings (SSSR count). The third-order valence-electron chi connectivity index (χ3n) is 4.08. The van der Waals surface area contributed by atoms with Crippen molar-refractivity contribution in [3.63, 3.8) is 0 Å². The minimum atomic E-state index is -0.545. The number of hydrogen-bond acceptors (Lipinski definition) is 5. The molecule has 1 heterocycles. The summed E-state index contributed by atoms with van der Waals surface area (Å²) in [6.07, 6.45) is 2.27. The average molecular weight is 449 g/mol. The number of nitrogens with zero attached hydrogens (tertiary/aromatic N) is 1. The zero-order valence-corrected chi connectivity index (χ0v) is 17.6. The predicted molar refractivity (Wildman–Crippen MR) is 115 cm³/mol. The summed E-state index contributed by atoms with van der Waals surface area (Å²) < 4.78 is 19.0. The molecule has 0 aliphatic carbocycles. The maximum atomic E-state index is 13.6. The fourth-order valence-electron chi connectivity index (χ4n) is 2.68. The number of thioether (sulfide) groups is 1. The Labute approximate surface area is 182 Å². The van der Waals surface area contributed by atoms with Crippen LogP contribution in [0.1, 0.15) is 18.9 Å². The molecule has 1 aliphatic rings. The van der Waals surface area contributed by atoms with E-state index in [-0.39, 0.29) is 34.2 Å². The first-order chi connectivity index (χ1) is 14.4. The highest BCUT2D eigenvalue weighted by molar-refractivity contribution is 8.18. The number of benzene rings is 2. The molecule has 0 aromatic heterocycles. The van der Waals surface area contributed by atoms with E-state index < -0.39 is 11.7 Å². The van der Waals surface area contributed by atoms with E-state index in [0.717, 1.165) is 11.8 Å². The van der Waals surface area contributed by atoms with Crippen LogP contribution in [0.25, 0.3) is 6.08 Å². The van der Waals surface area contributed by atoms with E-state index in [1.54, 1.807) is 30.3 Å². The Morgan fingerprint density at radius 2 is 2.03 bits per heavy atom. The maximum absolute atomic E-state index is 13.6. The summed E-state index contributed by atoms with van der Waals surface area (Å²) >= 11 is 7.10. The van der Waals surface area contributed by atoms with Crippen molar-refractivity contribution in [3.05, 3.63) is 63.8 Å². The zero-order valence-electron chi connectivity index (χ0n) is 16.0. The average Bonchev–Trinajstić information content (AvgIpc) is 2.97. The molecule has 0 radical (unpaired) electrons. The van der Waals surface area contributed by atoms with Crippen LogP contribution >= 0.6 is 23.4 Å². The van der Waals surface area contributed by atoms with E-state index >= 15 is 0 Å². The van der Waals surface area contributed by atoms with Gasteiger partial charge >= 0.3 is 0 Å². The number of rotatable bonds is 7. The first kappa shape index (κ1) is 21.9. The topological polar surface area (TPSA) is 75.7 Å². The first-order valence-corrected chi connectivity index (χ1v) is 10.3. The summed E-state index contributed by atoms with van der Waals surface area (Å²) in [7, 11) is 0. The van der Waals surface area contributed by atoms with Gasteiger partial charge in [0.1, 0.15) is 11.6 Å². The van der Waals surface area contributed by atoms with Crippen molar-refractivity contribution in [2.75, 3.05) is 18.5 Å². The van der Waals surface area contributed by atoms with Gasteiger partial charge in [-0.15, -0.1) is 0 Å². The van der Waals surface area contributed by atoms with Gasteiger partial charge in [0.25, 0.3) is 17.1 Å². The number of para-hydroxylation sites is 1. The third kappa shape index (κ3) is 5.20. The van der Waals surface area contributed by atoms with Crippen molar-refractivity contribution < 1.29 is 23.5 Å². The first-order valence-electron chi connectivity index (χ1n) is 9.11. The summed E-state index contributed by atoms with van der Waals surface area (Å²) in [6, 6.07) is 10.6. The van der Waals surface area contributed by atoms with Crippen molar-refractivity contribution in [1.29, 1.82) is 0 Å². The van der Waals surface area contributed by atoms with Crippen LogP contribution in [0.5, 0.6) is 5.75 Å². The van der Waals surface area contributed by atoms with Crippen molar-refractivity contribution in [2.24, 2.45) is 0 Å². The van der Waals surface area contributed by atoms with Gasteiger partial charge in [0.2, 0.25) is 0 Å². The Morgan fingerprint density at radius 1 is 1.27 bits per heavy atom. The number of imide groups is 1. The van der Waals surface area contributed by atoms with Gasteiger partial charge in [-0.1, -0.05) is 36.7 Å². The van der Waals surface area contributed by atoms with Gasteiger partial charge in [-0.25, -0.2) is 4.39 Å². The normalized spacial score (nSPS) is 15.0. The van der Waals surface area contributed by atoms with Crippen LogP contribution in [0.4, 0.5) is 14.9 Å². The molecule has 2 aromatic carbocycles. The van der Waals surface area contributed by atoms with Gasteiger partial charge in [0.15, 0.2) is 6.61 Å². The molecule has 1 saturated heterocycles. The van der Waals surface area contributed by atoms with Gasteiger partial charge in [-0.3, -0.25) is 19.3 Å². The largest absolute Gasteiger partial charge is 0.482 e. The minimum Gasteiger partial charge on any atom is -0.482 e. The highest BCUT2D eigenvalue weighted by atomic mass is 35.5. The Kier molecular flexibility index (Phi) is 7.12. The lowest BCUT2D eigenvalue weighted by Gasteiger charge is -2.10. The lowest BCUT2D eigenvalue weighted by Crippen LogP contribution is -2.28. The van der Waals surface area contributed by atoms with Crippen molar-refractivity contribution >= 4 is 52.2 Å². The summed E-state index contributed by atoms with van der Waals surface area (Å²) in [5, 5.41) is 2.35. The number of hydrogen-bond donors (Lipinski definition) is 1. The number of carbonyl (C=O) groups excluding carboxylic acids is 3. The molecular weight excluding hydrogens is 431 g/mol. The maximum Gasteiger partial charge on any atom is 0.293 e. The van der Waals surface area contributed by atoms with Gasteiger partial charge in [0, 0.05) is 6.54 Å². The fraction of sp³-hybridized carbons (Fsp3) is 0.190. The van der Waals surface area contributed by atoms with Gasteiger partial charge in [0.05, 0.1) is 15.6 Å². The Hall–Kier alpha value is -2.84. The quantitative estimate of drug-likeness (QED) is 0.607. The summed E-state index contributed by atoms with van der Waals surface area (Å²) in [4.78, 5) is 37.7. The molecule has 6 nitrogen and oxygen atoms in total. The van der Waals surface area contributed by atoms with E-state index in [4.69, 9.17) is 16.3 Å². The molecule has 156 valence electrons. The smallest absolute Gasteiger partial charge is 0.293 e. The number of halogens is 2. The second-order valence-corrected chi connectivity index (χ2v) is 7.74. The molecule has 2 aromatic rings. The van der Waals surface area contributed by atoms with Gasteiger partial charge in [-0.05, 0) is 54.1 Å². The van der Waals surface area contributed by atoms with Crippen LogP contribution in [-0.4, -0.2) is 35.1 Å². The lowest BCUT2D eigenvalue weighted by molar-refractivity contribution is -0.122. The molecule has 9 heteroatoms. The van der Waals surface area contributed by atoms with Crippen LogP contribution in [0, 0.1) is 5.82 Å². The minimum absolute atomic E-state index is 0.0598. The highest BCUT2D eigenvalue weighted by Crippen LogP contribution is 2.33. The highest BCUT2D eigenvalue weighted by Gasteiger charge is 2.34. The lowest BCUT2D eigenvalue weighted by atomic mass is 10.2. The van der Waals surface area contributed by atoms with Crippen molar-refractivity contribution in [2.45, 2.75) is 13.3 Å². The monoisotopic (exact) mass is 448 g/mol. The molecular formula is C21H18ClFN2O4S. The number of nitrogens with one attached hydrogen (secondary N) is 1. The molecule has 0 unspecified atom stereocenters. The van der Waals surface area contributed by atoms with Crippen LogP contribution in [0.15, 0.2) is 47.4 Å². The van der Waals surface area contributed by atoms with E-state index in [2.05, 4.69) is 5.32 Å².